The molecule has 6 nitrogen and oxygen atoms in total. The zero-order chi connectivity index (χ0) is 21.2. The number of carboxylic acids is 2. The number of halogens is 5. The first-order valence-corrected chi connectivity index (χ1v) is 11.8. The highest BCUT2D eigenvalue weighted by atomic mass is 79.9. The van der Waals surface area contributed by atoms with E-state index in [2.05, 4.69) is 37.2 Å². The zero-order valence-corrected chi connectivity index (χ0v) is 19.2. The minimum absolute atomic E-state index is 0.0903. The number of rotatable bonds is 8. The lowest BCUT2D eigenvalue weighted by molar-refractivity contribution is -0.192. The Morgan fingerprint density at radius 1 is 1.11 bits per heavy atom. The molecule has 1 heterocycles. The number of nitrogens with one attached hydrogen (secondary N) is 1. The summed E-state index contributed by atoms with van der Waals surface area (Å²) in [4.78, 5) is 31.2. The minimum Gasteiger partial charge on any atom is -0.481 e. The molecule has 1 amide bonds. The lowest BCUT2D eigenvalue weighted by Crippen LogP contribution is -2.26. The van der Waals surface area contributed by atoms with Crippen molar-refractivity contribution in [3.05, 3.63) is 18.7 Å². The van der Waals surface area contributed by atoms with Crippen molar-refractivity contribution in [1.29, 1.82) is 0 Å². The third-order valence-corrected chi connectivity index (χ3v) is 7.71. The summed E-state index contributed by atoms with van der Waals surface area (Å²) >= 11 is 8.28. The van der Waals surface area contributed by atoms with Crippen LogP contribution in [-0.2, 0) is 9.59 Å². The summed E-state index contributed by atoms with van der Waals surface area (Å²) in [5, 5.41) is 18.5. The van der Waals surface area contributed by atoms with Gasteiger partial charge >= 0.3 is 18.1 Å². The van der Waals surface area contributed by atoms with E-state index < -0.39 is 18.1 Å². The Labute approximate surface area is 181 Å². The van der Waals surface area contributed by atoms with Crippen LogP contribution in [0, 0.1) is 6.92 Å². The van der Waals surface area contributed by atoms with Gasteiger partial charge < -0.3 is 15.5 Å². The summed E-state index contributed by atoms with van der Waals surface area (Å²) < 4.78 is 33.5. The van der Waals surface area contributed by atoms with Crippen LogP contribution in [0.4, 0.5) is 13.2 Å². The quantitative estimate of drug-likeness (QED) is 0.302. The molecular formula is C13H14Br2F3NO5S3. The predicted molar refractivity (Wildman–Crippen MR) is 108 cm³/mol. The van der Waals surface area contributed by atoms with Gasteiger partial charge in [0.2, 0.25) is 0 Å². The molecule has 0 unspecified atom stereocenters. The number of carboxylic acid groups (broad SMARTS) is 2. The van der Waals surface area contributed by atoms with Gasteiger partial charge in [-0.3, -0.25) is 9.59 Å². The maximum atomic E-state index is 12.0. The van der Waals surface area contributed by atoms with Gasteiger partial charge in [-0.25, -0.2) is 4.79 Å². The summed E-state index contributed by atoms with van der Waals surface area (Å²) in [6, 6.07) is 0. The highest BCUT2D eigenvalue weighted by molar-refractivity contribution is 9.12. The van der Waals surface area contributed by atoms with Crippen LogP contribution < -0.4 is 5.32 Å². The second kappa shape index (κ2) is 12.9. The minimum atomic E-state index is -5.08. The fourth-order valence-electron chi connectivity index (χ4n) is 1.25. The number of thiophene rings is 1. The molecule has 14 heteroatoms. The standard InChI is InChI=1S/C11H13Br2NO3S3.C2HF3O2/c1-6-8(10(13)20-9(6)12)11(17)14-3-5-19-18-4-2-7(15)16;3-2(4,5)1(6)7/h2-5H2,1H3,(H,14,17)(H,15,16);(H,6,7). The predicted octanol–water partition coefficient (Wildman–Crippen LogP) is 4.80. The SMILES string of the molecule is Cc1c(Br)sc(Br)c1C(=O)NCCSSCCC(=O)O.O=C(O)C(F)(F)F. The molecule has 0 fully saturated rings. The largest absolute Gasteiger partial charge is 0.490 e. The molecule has 0 aromatic carbocycles. The normalized spacial score (nSPS) is 10.7. The molecule has 0 atom stereocenters. The number of carbonyl (C=O) groups excluding carboxylic acids is 1. The smallest absolute Gasteiger partial charge is 0.481 e. The molecule has 1 aromatic rings. The van der Waals surface area contributed by atoms with Crippen molar-refractivity contribution in [2.24, 2.45) is 0 Å². The van der Waals surface area contributed by atoms with Gasteiger partial charge in [-0.05, 0) is 44.3 Å². The lowest BCUT2D eigenvalue weighted by atomic mass is 10.2. The van der Waals surface area contributed by atoms with E-state index in [9.17, 15) is 22.8 Å². The van der Waals surface area contributed by atoms with Crippen molar-refractivity contribution in [2.75, 3.05) is 18.1 Å². The van der Waals surface area contributed by atoms with Crippen molar-refractivity contribution in [1.82, 2.24) is 5.32 Å². The highest BCUT2D eigenvalue weighted by Crippen LogP contribution is 2.36. The molecule has 0 radical (unpaired) electrons. The topological polar surface area (TPSA) is 104 Å². The van der Waals surface area contributed by atoms with E-state index in [1.165, 1.54) is 22.1 Å². The molecule has 1 aromatic heterocycles. The van der Waals surface area contributed by atoms with Crippen LogP contribution in [-0.4, -0.2) is 52.3 Å². The molecule has 3 N–H and O–H groups in total. The average molecular weight is 577 g/mol. The Bertz CT molecular complexity index is 670. The number of carbonyl (C=O) groups is 3. The van der Waals surface area contributed by atoms with E-state index in [0.29, 0.717) is 17.9 Å². The second-order valence-electron chi connectivity index (χ2n) is 4.50. The third-order valence-electron chi connectivity index (χ3n) is 2.47. The molecule has 0 spiro atoms. The molecule has 154 valence electrons. The number of alkyl halides is 3. The van der Waals surface area contributed by atoms with Gasteiger partial charge in [0.25, 0.3) is 5.91 Å². The van der Waals surface area contributed by atoms with Crippen LogP contribution in [0.25, 0.3) is 0 Å². The van der Waals surface area contributed by atoms with Crippen LogP contribution in [0.1, 0.15) is 22.3 Å². The van der Waals surface area contributed by atoms with Crippen molar-refractivity contribution in [3.63, 3.8) is 0 Å². The maximum Gasteiger partial charge on any atom is 0.490 e. The van der Waals surface area contributed by atoms with Crippen molar-refractivity contribution in [3.8, 4) is 0 Å². The van der Waals surface area contributed by atoms with Gasteiger partial charge in [-0.15, -0.1) is 11.3 Å². The Morgan fingerprint density at radius 3 is 2.04 bits per heavy atom. The van der Waals surface area contributed by atoms with Crippen molar-refractivity contribution in [2.45, 2.75) is 19.5 Å². The summed E-state index contributed by atoms with van der Waals surface area (Å²) in [7, 11) is 3.08. The summed E-state index contributed by atoms with van der Waals surface area (Å²) in [6.07, 6.45) is -4.92. The molecule has 0 saturated carbocycles. The third kappa shape index (κ3) is 11.2. The molecular weight excluding hydrogens is 563 g/mol. The number of hydrogen-bond donors (Lipinski definition) is 3. The van der Waals surface area contributed by atoms with Gasteiger partial charge in [0.1, 0.15) is 0 Å². The Hall–Kier alpha value is -0.440. The van der Waals surface area contributed by atoms with Gasteiger partial charge in [-0.2, -0.15) is 13.2 Å². The Morgan fingerprint density at radius 2 is 1.63 bits per heavy atom. The molecule has 0 aliphatic carbocycles. The monoisotopic (exact) mass is 575 g/mol. The Kier molecular flexibility index (Phi) is 12.7. The molecule has 27 heavy (non-hydrogen) atoms. The zero-order valence-electron chi connectivity index (χ0n) is 13.6. The first kappa shape index (κ1) is 26.6. The maximum absolute atomic E-state index is 12.0. The van der Waals surface area contributed by atoms with E-state index >= 15 is 0 Å². The van der Waals surface area contributed by atoms with E-state index in [4.69, 9.17) is 15.0 Å². The molecule has 0 aliphatic rings. The van der Waals surface area contributed by atoms with Crippen molar-refractivity contribution >= 4 is 82.6 Å². The number of aliphatic carboxylic acids is 2. The number of amides is 1. The fraction of sp³-hybridized carbons (Fsp3) is 0.462. The Balaban J connectivity index is 0.000000821. The van der Waals surface area contributed by atoms with Gasteiger partial charge in [-0.1, -0.05) is 21.6 Å². The van der Waals surface area contributed by atoms with E-state index in [-0.39, 0.29) is 12.3 Å². The fourth-order valence-corrected chi connectivity index (χ4v) is 6.20. The summed E-state index contributed by atoms with van der Waals surface area (Å²) in [5.41, 5.74) is 1.60. The first-order chi connectivity index (χ1) is 12.4. The number of hydrogen-bond acceptors (Lipinski definition) is 6. The van der Waals surface area contributed by atoms with E-state index in [1.807, 2.05) is 6.92 Å². The van der Waals surface area contributed by atoms with Crippen LogP contribution in [0.15, 0.2) is 7.57 Å². The lowest BCUT2D eigenvalue weighted by Gasteiger charge is -2.05. The summed E-state index contributed by atoms with van der Waals surface area (Å²) in [5.74, 6) is -2.30. The van der Waals surface area contributed by atoms with Crippen molar-refractivity contribution < 1.29 is 37.8 Å². The summed E-state index contributed by atoms with van der Waals surface area (Å²) in [6.45, 7) is 2.46. The highest BCUT2D eigenvalue weighted by Gasteiger charge is 2.38. The first-order valence-electron chi connectivity index (χ1n) is 6.86. The van der Waals surface area contributed by atoms with Gasteiger partial charge in [0, 0.05) is 18.1 Å². The average Bonchev–Trinajstić information content (AvgIpc) is 2.78. The molecule has 0 bridgehead atoms. The van der Waals surface area contributed by atoms with Crippen LogP contribution in [0.2, 0.25) is 0 Å². The van der Waals surface area contributed by atoms with Crippen LogP contribution in [0.5, 0.6) is 0 Å². The second-order valence-corrected chi connectivity index (χ2v) is 10.9. The van der Waals surface area contributed by atoms with E-state index in [0.717, 1.165) is 18.9 Å². The van der Waals surface area contributed by atoms with Crippen LogP contribution >= 0.6 is 64.8 Å². The van der Waals surface area contributed by atoms with Crippen LogP contribution in [0.3, 0.4) is 0 Å². The molecule has 0 aliphatic heterocycles. The van der Waals surface area contributed by atoms with Gasteiger partial charge in [0.15, 0.2) is 0 Å². The molecule has 0 saturated heterocycles. The van der Waals surface area contributed by atoms with Gasteiger partial charge in [0.05, 0.1) is 19.6 Å². The van der Waals surface area contributed by atoms with E-state index in [1.54, 1.807) is 10.8 Å². The molecule has 1 rings (SSSR count).